The minimum absolute atomic E-state index is 0.190. The number of carbonyl (C=O) groups excluding carboxylic acids is 1. The Labute approximate surface area is 79.2 Å². The van der Waals surface area contributed by atoms with Crippen molar-refractivity contribution in [2.24, 2.45) is 5.16 Å². The zero-order valence-corrected chi connectivity index (χ0v) is 8.09. The lowest BCUT2D eigenvalue weighted by molar-refractivity contribution is -0.111. The number of ketones is 1. The molecule has 1 rings (SSSR count). The van der Waals surface area contributed by atoms with Crippen LogP contribution in [0.2, 0.25) is 0 Å². The summed E-state index contributed by atoms with van der Waals surface area (Å²) in [4.78, 5) is 19.5. The summed E-state index contributed by atoms with van der Waals surface area (Å²) in [7, 11) is 1.37. The van der Waals surface area contributed by atoms with Crippen molar-refractivity contribution in [3.8, 4) is 0 Å². The lowest BCUT2D eigenvalue weighted by atomic mass is 10.2. The molecule has 0 amide bonds. The maximum atomic E-state index is 11.1. The van der Waals surface area contributed by atoms with Crippen LogP contribution in [0.25, 0.3) is 0 Å². The monoisotopic (exact) mass is 199 g/mol. The lowest BCUT2D eigenvalue weighted by Crippen LogP contribution is -2.12. The molecular formula is C7H9N3O2S. The Balaban J connectivity index is 3.02. The predicted octanol–water partition coefficient (Wildman–Crippen LogP) is 0.665. The number of oxime groups is 1. The van der Waals surface area contributed by atoms with Crippen molar-refractivity contribution in [1.29, 1.82) is 0 Å². The second-order valence-corrected chi connectivity index (χ2v) is 3.14. The van der Waals surface area contributed by atoms with E-state index in [0.29, 0.717) is 10.8 Å². The Hall–Kier alpha value is -1.43. The van der Waals surface area contributed by atoms with Gasteiger partial charge in [0.25, 0.3) is 0 Å². The Morgan fingerprint density at radius 2 is 2.46 bits per heavy atom. The van der Waals surface area contributed by atoms with Gasteiger partial charge in [-0.3, -0.25) is 4.79 Å². The van der Waals surface area contributed by atoms with Gasteiger partial charge < -0.3 is 10.6 Å². The topological polar surface area (TPSA) is 77.6 Å². The summed E-state index contributed by atoms with van der Waals surface area (Å²) in [6.45, 7) is 1.40. The molecule has 0 spiro atoms. The van der Waals surface area contributed by atoms with Gasteiger partial charge in [-0.15, -0.1) is 11.3 Å². The van der Waals surface area contributed by atoms with E-state index in [-0.39, 0.29) is 11.5 Å². The van der Waals surface area contributed by atoms with Crippen LogP contribution in [0.5, 0.6) is 0 Å². The highest BCUT2D eigenvalue weighted by Gasteiger charge is 2.13. The highest BCUT2D eigenvalue weighted by Crippen LogP contribution is 2.12. The van der Waals surface area contributed by atoms with Gasteiger partial charge in [0.2, 0.25) is 0 Å². The Kier molecular flexibility index (Phi) is 2.97. The van der Waals surface area contributed by atoms with Gasteiger partial charge in [-0.25, -0.2) is 4.98 Å². The van der Waals surface area contributed by atoms with E-state index in [1.165, 1.54) is 25.4 Å². The summed E-state index contributed by atoms with van der Waals surface area (Å²) in [5, 5.41) is 5.63. The molecule has 1 aromatic heterocycles. The van der Waals surface area contributed by atoms with Crippen LogP contribution in [-0.2, 0) is 9.63 Å². The molecule has 6 heteroatoms. The molecule has 0 aliphatic heterocycles. The molecule has 0 bridgehead atoms. The van der Waals surface area contributed by atoms with Crippen LogP contribution in [0.15, 0.2) is 10.5 Å². The normalized spacial score (nSPS) is 11.4. The Bertz CT molecular complexity index is 345. The second-order valence-electron chi connectivity index (χ2n) is 2.25. The molecule has 0 aliphatic rings. The molecule has 0 fully saturated rings. The summed E-state index contributed by atoms with van der Waals surface area (Å²) < 4.78 is 0. The van der Waals surface area contributed by atoms with Crippen LogP contribution in [0.4, 0.5) is 5.13 Å². The van der Waals surface area contributed by atoms with Crippen LogP contribution in [0.1, 0.15) is 12.6 Å². The van der Waals surface area contributed by atoms with Gasteiger partial charge in [-0.1, -0.05) is 5.16 Å². The molecule has 0 atom stereocenters. The zero-order valence-electron chi connectivity index (χ0n) is 7.27. The van der Waals surface area contributed by atoms with Gasteiger partial charge in [-0.2, -0.15) is 0 Å². The van der Waals surface area contributed by atoms with Gasteiger partial charge in [-0.05, 0) is 0 Å². The van der Waals surface area contributed by atoms with Gasteiger partial charge >= 0.3 is 0 Å². The van der Waals surface area contributed by atoms with Gasteiger partial charge in [0.1, 0.15) is 12.8 Å². The zero-order chi connectivity index (χ0) is 9.84. The SMILES string of the molecule is CON=C(C(C)=O)c1csc(N)n1. The van der Waals surface area contributed by atoms with Crippen LogP contribution in [-0.4, -0.2) is 23.6 Å². The Morgan fingerprint density at radius 3 is 2.85 bits per heavy atom. The van der Waals surface area contributed by atoms with E-state index in [1.807, 2.05) is 0 Å². The average molecular weight is 199 g/mol. The largest absolute Gasteiger partial charge is 0.398 e. The molecule has 0 radical (unpaired) electrons. The molecule has 1 heterocycles. The molecule has 0 aromatic carbocycles. The van der Waals surface area contributed by atoms with Crippen LogP contribution in [0, 0.1) is 0 Å². The molecule has 0 aliphatic carbocycles. The molecular weight excluding hydrogens is 190 g/mol. The van der Waals surface area contributed by atoms with Crippen molar-refractivity contribution >= 4 is 28.0 Å². The van der Waals surface area contributed by atoms with Crippen molar-refractivity contribution in [2.45, 2.75) is 6.92 Å². The molecule has 0 unspecified atom stereocenters. The van der Waals surface area contributed by atoms with Crippen molar-refractivity contribution in [2.75, 3.05) is 12.8 Å². The minimum atomic E-state index is -0.202. The fourth-order valence-corrected chi connectivity index (χ4v) is 1.33. The van der Waals surface area contributed by atoms with E-state index in [2.05, 4.69) is 15.0 Å². The molecule has 70 valence electrons. The summed E-state index contributed by atoms with van der Waals surface area (Å²) >= 11 is 1.25. The van der Waals surface area contributed by atoms with Gasteiger partial charge in [0, 0.05) is 12.3 Å². The number of Topliss-reactive ketones (excluding diaryl/α,β-unsaturated/α-hetero) is 1. The Morgan fingerprint density at radius 1 is 1.77 bits per heavy atom. The summed E-state index contributed by atoms with van der Waals surface area (Å²) in [5.74, 6) is -0.202. The highest BCUT2D eigenvalue weighted by atomic mass is 32.1. The van der Waals surface area contributed by atoms with Crippen molar-refractivity contribution in [1.82, 2.24) is 4.98 Å². The first-order valence-corrected chi connectivity index (χ1v) is 4.36. The van der Waals surface area contributed by atoms with E-state index >= 15 is 0 Å². The number of aromatic nitrogens is 1. The molecule has 1 aromatic rings. The van der Waals surface area contributed by atoms with E-state index in [1.54, 1.807) is 5.38 Å². The highest BCUT2D eigenvalue weighted by molar-refractivity contribution is 7.13. The minimum Gasteiger partial charge on any atom is -0.398 e. The third-order valence-corrected chi connectivity index (χ3v) is 1.95. The maximum absolute atomic E-state index is 11.1. The van der Waals surface area contributed by atoms with Crippen LogP contribution < -0.4 is 5.73 Å². The number of nitrogens with zero attached hydrogens (tertiary/aromatic N) is 2. The molecule has 13 heavy (non-hydrogen) atoms. The lowest BCUT2D eigenvalue weighted by Gasteiger charge is -1.95. The second kappa shape index (κ2) is 3.99. The number of carbonyl (C=O) groups is 1. The first-order chi connectivity index (χ1) is 6.15. The number of hydrogen-bond acceptors (Lipinski definition) is 6. The summed E-state index contributed by atoms with van der Waals surface area (Å²) in [6.07, 6.45) is 0. The summed E-state index contributed by atoms with van der Waals surface area (Å²) in [6, 6.07) is 0. The van der Waals surface area contributed by atoms with Gasteiger partial charge in [0.05, 0.1) is 0 Å². The van der Waals surface area contributed by atoms with E-state index < -0.39 is 0 Å². The number of thiazole rings is 1. The number of nitrogen functional groups attached to an aromatic ring is 1. The van der Waals surface area contributed by atoms with E-state index in [4.69, 9.17) is 5.73 Å². The standard InChI is InChI=1S/C7H9N3O2S/c1-4(11)6(10-12-2)5-3-13-7(8)9-5/h3H,1-2H3,(H2,8,9). The average Bonchev–Trinajstić information content (AvgIpc) is 2.46. The van der Waals surface area contributed by atoms with Crippen LogP contribution in [0.3, 0.4) is 0 Å². The third-order valence-electron chi connectivity index (χ3n) is 1.28. The summed E-state index contributed by atoms with van der Waals surface area (Å²) in [5.41, 5.74) is 6.06. The number of anilines is 1. The number of hydrogen-bond donors (Lipinski definition) is 1. The van der Waals surface area contributed by atoms with E-state index in [0.717, 1.165) is 0 Å². The van der Waals surface area contributed by atoms with Crippen LogP contribution >= 0.6 is 11.3 Å². The molecule has 2 N–H and O–H groups in total. The van der Waals surface area contributed by atoms with Gasteiger partial charge in [0.15, 0.2) is 16.6 Å². The van der Waals surface area contributed by atoms with Crippen molar-refractivity contribution < 1.29 is 9.63 Å². The molecule has 5 nitrogen and oxygen atoms in total. The van der Waals surface area contributed by atoms with Crippen molar-refractivity contribution in [3.05, 3.63) is 11.1 Å². The fraction of sp³-hybridized carbons (Fsp3) is 0.286. The fourth-order valence-electron chi connectivity index (χ4n) is 0.779. The van der Waals surface area contributed by atoms with Crippen molar-refractivity contribution in [3.63, 3.8) is 0 Å². The maximum Gasteiger partial charge on any atom is 0.183 e. The quantitative estimate of drug-likeness (QED) is 0.573. The first-order valence-electron chi connectivity index (χ1n) is 3.48. The number of rotatable bonds is 3. The number of nitrogens with two attached hydrogens (primary N) is 1. The van der Waals surface area contributed by atoms with E-state index in [9.17, 15) is 4.79 Å². The molecule has 0 saturated carbocycles. The molecule has 0 saturated heterocycles. The predicted molar refractivity (Wildman–Crippen MR) is 50.8 cm³/mol. The smallest absolute Gasteiger partial charge is 0.183 e. The first kappa shape index (κ1) is 9.66. The third kappa shape index (κ3) is 2.25.